The van der Waals surface area contributed by atoms with Crippen molar-refractivity contribution in [2.45, 2.75) is 29.8 Å². The molecule has 3 heterocycles. The Kier molecular flexibility index (Phi) is 6.70. The first kappa shape index (κ1) is 24.2. The van der Waals surface area contributed by atoms with Crippen molar-refractivity contribution in [3.05, 3.63) is 41.1 Å². The molecule has 3 atom stereocenters. The zero-order chi connectivity index (χ0) is 25.3. The highest BCUT2D eigenvalue weighted by molar-refractivity contribution is 7.99. The third-order valence-corrected chi connectivity index (χ3v) is 6.59. The lowest BCUT2D eigenvalue weighted by atomic mass is 9.92. The van der Waals surface area contributed by atoms with E-state index in [1.807, 2.05) is 0 Å². The third kappa shape index (κ3) is 4.81. The summed E-state index contributed by atoms with van der Waals surface area (Å²) in [5.74, 6) is -5.02. The Labute approximate surface area is 201 Å². The number of rotatable bonds is 9. The van der Waals surface area contributed by atoms with Crippen molar-refractivity contribution in [1.29, 1.82) is 0 Å². The number of carbonyl (C=O) groups is 4. The molecule has 0 aliphatic carbocycles. The number of aryl methyl sites for hydroxylation is 1. The number of fused-ring (bicyclic) bond motifs is 1. The van der Waals surface area contributed by atoms with Gasteiger partial charge >= 0.3 is 11.9 Å². The standard InChI is InChI=1S/C20H20N6O8S/c1-25-20(22-23-24-25)35-8-10-7-34-18-14(17(31)26(18)15(10)19(32)33)21-16(30)12(6-13(28)29)9-2-4-11(27)5-3-9/h2-5,12,14,18,27H,6-8H2,1H3,(H,21,30)(H,28,29)(H,32,33)/t12?,14-,18-/m1/s1. The maximum atomic E-state index is 12.9. The average molecular weight is 504 g/mol. The van der Waals surface area contributed by atoms with Gasteiger partial charge in [-0.2, -0.15) is 0 Å². The minimum atomic E-state index is -1.32. The van der Waals surface area contributed by atoms with E-state index in [1.165, 1.54) is 40.7 Å². The van der Waals surface area contributed by atoms with E-state index in [0.717, 1.165) is 4.90 Å². The van der Waals surface area contributed by atoms with Gasteiger partial charge in [-0.25, -0.2) is 9.48 Å². The molecule has 14 nitrogen and oxygen atoms in total. The molecule has 0 saturated carbocycles. The third-order valence-electron chi connectivity index (χ3n) is 5.50. The lowest BCUT2D eigenvalue weighted by Gasteiger charge is -2.49. The molecule has 0 bridgehead atoms. The number of thioether (sulfide) groups is 1. The van der Waals surface area contributed by atoms with E-state index in [2.05, 4.69) is 20.8 Å². The zero-order valence-electron chi connectivity index (χ0n) is 18.2. The van der Waals surface area contributed by atoms with Crippen LogP contribution in [0, 0.1) is 0 Å². The first-order chi connectivity index (χ1) is 16.7. The van der Waals surface area contributed by atoms with Crippen LogP contribution in [0.1, 0.15) is 17.9 Å². The lowest BCUT2D eigenvalue weighted by Crippen LogP contribution is -2.73. The van der Waals surface area contributed by atoms with Crippen molar-refractivity contribution in [3.63, 3.8) is 0 Å². The van der Waals surface area contributed by atoms with Crippen LogP contribution >= 0.6 is 11.8 Å². The van der Waals surface area contributed by atoms with Crippen LogP contribution in [0.2, 0.25) is 0 Å². The topological polar surface area (TPSA) is 197 Å². The number of β-lactam (4-membered cyclic amide) rings is 1. The maximum Gasteiger partial charge on any atom is 0.352 e. The number of aromatic hydroxyl groups is 1. The van der Waals surface area contributed by atoms with E-state index < -0.39 is 48.4 Å². The van der Waals surface area contributed by atoms with Crippen molar-refractivity contribution in [1.82, 2.24) is 30.4 Å². The van der Waals surface area contributed by atoms with Crippen molar-refractivity contribution in [3.8, 4) is 5.75 Å². The number of hydrogen-bond donors (Lipinski definition) is 4. The van der Waals surface area contributed by atoms with Gasteiger partial charge in [0.2, 0.25) is 11.1 Å². The molecule has 1 aromatic heterocycles. The largest absolute Gasteiger partial charge is 0.508 e. The van der Waals surface area contributed by atoms with Gasteiger partial charge in [0.1, 0.15) is 11.4 Å². The predicted octanol–water partition coefficient (Wildman–Crippen LogP) is -0.712. The Morgan fingerprint density at radius 2 is 1.97 bits per heavy atom. The lowest BCUT2D eigenvalue weighted by molar-refractivity contribution is -0.184. The molecule has 1 unspecified atom stereocenters. The number of carbonyl (C=O) groups excluding carboxylic acids is 2. The number of amides is 2. The molecule has 1 fully saturated rings. The fraction of sp³-hybridized carbons (Fsp3) is 0.350. The molecular formula is C20H20N6O8S. The molecule has 0 spiro atoms. The van der Waals surface area contributed by atoms with Gasteiger partial charge in [-0.05, 0) is 33.7 Å². The van der Waals surface area contributed by atoms with Crippen LogP contribution in [0.5, 0.6) is 5.75 Å². The van der Waals surface area contributed by atoms with Crippen molar-refractivity contribution >= 4 is 35.5 Å². The van der Waals surface area contributed by atoms with Crippen LogP contribution in [0.15, 0.2) is 40.7 Å². The molecule has 35 heavy (non-hydrogen) atoms. The fourth-order valence-corrected chi connectivity index (χ4v) is 4.63. The van der Waals surface area contributed by atoms with Crippen molar-refractivity contribution in [2.24, 2.45) is 7.05 Å². The zero-order valence-corrected chi connectivity index (χ0v) is 19.0. The van der Waals surface area contributed by atoms with E-state index in [4.69, 9.17) is 4.74 Å². The quantitative estimate of drug-likeness (QED) is 0.248. The Hall–Kier alpha value is -3.98. The first-order valence-electron chi connectivity index (χ1n) is 10.2. The monoisotopic (exact) mass is 504 g/mol. The maximum absolute atomic E-state index is 12.9. The molecular weight excluding hydrogens is 484 g/mol. The molecule has 184 valence electrons. The number of benzene rings is 1. The van der Waals surface area contributed by atoms with E-state index in [-0.39, 0.29) is 23.8 Å². The Morgan fingerprint density at radius 1 is 1.26 bits per heavy atom. The number of hydrogen-bond acceptors (Lipinski definition) is 10. The van der Waals surface area contributed by atoms with Crippen LogP contribution in [-0.4, -0.2) is 88.8 Å². The number of aromatic nitrogens is 4. The molecule has 2 aliphatic rings. The fourth-order valence-electron chi connectivity index (χ4n) is 3.79. The number of carboxylic acids is 2. The number of nitrogens with zero attached hydrogens (tertiary/aromatic N) is 5. The molecule has 4 rings (SSSR count). The summed E-state index contributed by atoms with van der Waals surface area (Å²) < 4.78 is 7.10. The van der Waals surface area contributed by atoms with Crippen LogP contribution in [0.3, 0.4) is 0 Å². The summed E-state index contributed by atoms with van der Waals surface area (Å²) in [6, 6.07) is 4.28. The highest BCUT2D eigenvalue weighted by atomic mass is 32.2. The van der Waals surface area contributed by atoms with E-state index >= 15 is 0 Å². The summed E-state index contributed by atoms with van der Waals surface area (Å²) in [6.07, 6.45) is -1.60. The molecule has 1 saturated heterocycles. The van der Waals surface area contributed by atoms with Gasteiger partial charge in [-0.3, -0.25) is 19.3 Å². The van der Waals surface area contributed by atoms with Crippen LogP contribution in [0.4, 0.5) is 0 Å². The average Bonchev–Trinajstić information content (AvgIpc) is 3.23. The molecule has 0 radical (unpaired) electrons. The summed E-state index contributed by atoms with van der Waals surface area (Å²) in [6.45, 7) is -0.1000. The number of phenols is 1. The summed E-state index contributed by atoms with van der Waals surface area (Å²) in [4.78, 5) is 50.0. The molecule has 15 heteroatoms. The summed E-state index contributed by atoms with van der Waals surface area (Å²) in [5, 5.41) is 42.4. The second-order valence-electron chi connectivity index (χ2n) is 7.77. The van der Waals surface area contributed by atoms with Crippen LogP contribution < -0.4 is 5.32 Å². The minimum absolute atomic E-state index is 0.0546. The predicted molar refractivity (Wildman–Crippen MR) is 116 cm³/mol. The first-order valence-corrected chi connectivity index (χ1v) is 11.2. The van der Waals surface area contributed by atoms with E-state index in [0.29, 0.717) is 16.3 Å². The van der Waals surface area contributed by atoms with Gasteiger partial charge in [0.25, 0.3) is 5.91 Å². The second-order valence-corrected chi connectivity index (χ2v) is 8.71. The number of aliphatic carboxylic acids is 2. The Balaban J connectivity index is 1.49. The van der Waals surface area contributed by atoms with E-state index in [1.54, 1.807) is 7.05 Å². The van der Waals surface area contributed by atoms with Gasteiger partial charge in [0, 0.05) is 12.8 Å². The molecule has 2 amide bonds. The summed E-state index contributed by atoms with van der Waals surface area (Å²) in [5.41, 5.74) is 0.437. The van der Waals surface area contributed by atoms with Crippen LogP contribution in [0.25, 0.3) is 0 Å². The van der Waals surface area contributed by atoms with Gasteiger partial charge < -0.3 is 25.4 Å². The Morgan fingerprint density at radius 3 is 2.57 bits per heavy atom. The number of carboxylic acid groups (broad SMARTS) is 2. The number of ether oxygens (including phenoxy) is 1. The summed E-state index contributed by atoms with van der Waals surface area (Å²) >= 11 is 1.17. The Bertz CT molecular complexity index is 1210. The number of tetrazole rings is 1. The highest BCUT2D eigenvalue weighted by Crippen LogP contribution is 2.35. The molecule has 1 aromatic carbocycles. The number of phenolic OH excluding ortho intramolecular Hbond substituents is 1. The SMILES string of the molecule is Cn1nnnc1SCC1=C(C(=O)O)N2C(=O)[C@@H](NC(=O)C(CC(=O)O)c3ccc(O)cc3)[C@H]2OC1. The van der Waals surface area contributed by atoms with Crippen molar-refractivity contribution in [2.75, 3.05) is 12.4 Å². The number of nitrogens with one attached hydrogen (secondary N) is 1. The van der Waals surface area contributed by atoms with Gasteiger partial charge in [-0.15, -0.1) is 5.10 Å². The van der Waals surface area contributed by atoms with E-state index in [9.17, 15) is 34.5 Å². The van der Waals surface area contributed by atoms with Gasteiger partial charge in [-0.1, -0.05) is 23.9 Å². The summed E-state index contributed by atoms with van der Waals surface area (Å²) in [7, 11) is 1.63. The molecule has 2 aliphatic heterocycles. The smallest absolute Gasteiger partial charge is 0.352 e. The second kappa shape index (κ2) is 9.71. The molecule has 2 aromatic rings. The highest BCUT2D eigenvalue weighted by Gasteiger charge is 2.55. The molecule has 4 N–H and O–H groups in total. The minimum Gasteiger partial charge on any atom is -0.508 e. The normalized spacial score (nSPS) is 20.1. The van der Waals surface area contributed by atoms with Crippen molar-refractivity contribution < 1.29 is 39.2 Å². The van der Waals surface area contributed by atoms with Gasteiger partial charge in [0.15, 0.2) is 12.3 Å². The van der Waals surface area contributed by atoms with Gasteiger partial charge in [0.05, 0.1) is 18.9 Å². The van der Waals surface area contributed by atoms with Crippen LogP contribution in [-0.2, 0) is 31.0 Å².